The van der Waals surface area contributed by atoms with Crippen LogP contribution in [0.5, 0.6) is 0 Å². The average Bonchev–Trinajstić information content (AvgIpc) is 3.16. The SMILES string of the molecule is CCn1cc(Cl)c(C(=O)Nc2ncn(Cc3ccc(Cl)cc3)n2)n1. The Morgan fingerprint density at radius 3 is 2.58 bits per heavy atom. The van der Waals surface area contributed by atoms with Crippen LogP contribution >= 0.6 is 23.2 Å². The number of halogens is 2. The van der Waals surface area contributed by atoms with Crippen molar-refractivity contribution in [1.29, 1.82) is 0 Å². The Balaban J connectivity index is 1.68. The van der Waals surface area contributed by atoms with Gasteiger partial charge in [0.25, 0.3) is 5.91 Å². The van der Waals surface area contributed by atoms with Crippen molar-refractivity contribution in [2.24, 2.45) is 0 Å². The number of hydrogen-bond acceptors (Lipinski definition) is 4. The fourth-order valence-corrected chi connectivity index (χ4v) is 2.44. The minimum absolute atomic E-state index is 0.146. The van der Waals surface area contributed by atoms with Gasteiger partial charge in [0.05, 0.1) is 11.6 Å². The summed E-state index contributed by atoms with van der Waals surface area (Å²) in [5.74, 6) is -0.257. The van der Waals surface area contributed by atoms with Crippen LogP contribution in [0, 0.1) is 0 Å². The summed E-state index contributed by atoms with van der Waals surface area (Å²) in [5, 5.41) is 11.9. The average molecular weight is 365 g/mol. The molecule has 0 spiro atoms. The standard InChI is InChI=1S/C15H14Cl2N6O/c1-2-22-8-12(17)13(20-22)14(24)19-15-18-9-23(21-15)7-10-3-5-11(16)6-4-10/h3-6,8-9H,2,7H2,1H3,(H,19,21,24). The normalized spacial score (nSPS) is 10.8. The fourth-order valence-electron chi connectivity index (χ4n) is 2.08. The van der Waals surface area contributed by atoms with Crippen molar-refractivity contribution >= 4 is 35.1 Å². The molecule has 0 radical (unpaired) electrons. The highest BCUT2D eigenvalue weighted by Crippen LogP contribution is 2.15. The maximum absolute atomic E-state index is 12.2. The van der Waals surface area contributed by atoms with E-state index >= 15 is 0 Å². The van der Waals surface area contributed by atoms with Crippen LogP contribution < -0.4 is 5.32 Å². The monoisotopic (exact) mass is 364 g/mol. The Morgan fingerprint density at radius 2 is 1.92 bits per heavy atom. The third-order valence-corrected chi connectivity index (χ3v) is 3.80. The molecule has 0 atom stereocenters. The molecule has 9 heteroatoms. The van der Waals surface area contributed by atoms with Gasteiger partial charge in [0.15, 0.2) is 5.69 Å². The number of anilines is 1. The minimum Gasteiger partial charge on any atom is -0.288 e. The second-order valence-electron chi connectivity index (χ2n) is 5.03. The largest absolute Gasteiger partial charge is 0.288 e. The van der Waals surface area contributed by atoms with Crippen LogP contribution in [0.25, 0.3) is 0 Å². The first-order valence-corrected chi connectivity index (χ1v) is 7.99. The van der Waals surface area contributed by atoms with Gasteiger partial charge in [0.2, 0.25) is 5.95 Å². The number of benzene rings is 1. The molecule has 0 unspecified atom stereocenters. The quantitative estimate of drug-likeness (QED) is 0.754. The topological polar surface area (TPSA) is 77.6 Å². The zero-order valence-electron chi connectivity index (χ0n) is 12.8. The van der Waals surface area contributed by atoms with Crippen LogP contribution in [0.15, 0.2) is 36.8 Å². The van der Waals surface area contributed by atoms with Gasteiger partial charge in [0, 0.05) is 17.8 Å². The Morgan fingerprint density at radius 1 is 1.17 bits per heavy atom. The van der Waals surface area contributed by atoms with Crippen LogP contribution in [-0.2, 0) is 13.1 Å². The molecule has 124 valence electrons. The molecule has 1 aromatic carbocycles. The molecule has 7 nitrogen and oxygen atoms in total. The van der Waals surface area contributed by atoms with E-state index in [9.17, 15) is 4.79 Å². The van der Waals surface area contributed by atoms with E-state index in [-0.39, 0.29) is 16.7 Å². The van der Waals surface area contributed by atoms with Crippen molar-refractivity contribution in [3.63, 3.8) is 0 Å². The predicted molar refractivity (Wildman–Crippen MR) is 91.4 cm³/mol. The number of carbonyl (C=O) groups is 1. The Labute approximate surface area is 148 Å². The van der Waals surface area contributed by atoms with E-state index in [2.05, 4.69) is 20.5 Å². The van der Waals surface area contributed by atoms with Gasteiger partial charge in [-0.3, -0.25) is 14.8 Å². The van der Waals surface area contributed by atoms with Crippen molar-refractivity contribution in [2.45, 2.75) is 20.0 Å². The number of rotatable bonds is 5. The van der Waals surface area contributed by atoms with E-state index in [1.54, 1.807) is 15.6 Å². The molecule has 1 N–H and O–H groups in total. The Kier molecular flexibility index (Phi) is 4.82. The van der Waals surface area contributed by atoms with Gasteiger partial charge in [-0.2, -0.15) is 5.10 Å². The molecular formula is C15H14Cl2N6O. The lowest BCUT2D eigenvalue weighted by Crippen LogP contribution is -2.15. The molecule has 3 aromatic rings. The lowest BCUT2D eigenvalue weighted by molar-refractivity contribution is 0.102. The molecule has 2 aromatic heterocycles. The summed E-state index contributed by atoms with van der Waals surface area (Å²) in [6.07, 6.45) is 3.14. The number of nitrogens with one attached hydrogen (secondary N) is 1. The first-order valence-electron chi connectivity index (χ1n) is 7.23. The number of nitrogens with zero attached hydrogens (tertiary/aromatic N) is 5. The summed E-state index contributed by atoms with van der Waals surface area (Å²) in [6, 6.07) is 7.42. The van der Waals surface area contributed by atoms with E-state index in [1.165, 1.54) is 6.33 Å². The van der Waals surface area contributed by atoms with Crippen LogP contribution in [0.2, 0.25) is 10.0 Å². The molecule has 0 saturated carbocycles. The number of hydrogen-bond donors (Lipinski definition) is 1. The molecule has 0 aliphatic rings. The molecular weight excluding hydrogens is 351 g/mol. The number of aromatic nitrogens is 5. The highest BCUT2D eigenvalue weighted by molar-refractivity contribution is 6.34. The van der Waals surface area contributed by atoms with Crippen LogP contribution in [0.3, 0.4) is 0 Å². The Hall–Kier alpha value is -2.38. The highest BCUT2D eigenvalue weighted by atomic mass is 35.5. The zero-order valence-corrected chi connectivity index (χ0v) is 14.3. The maximum Gasteiger partial charge on any atom is 0.280 e. The van der Waals surface area contributed by atoms with Crippen molar-refractivity contribution in [3.05, 3.63) is 58.1 Å². The Bertz CT molecular complexity index is 855. The lowest BCUT2D eigenvalue weighted by Gasteiger charge is -2.01. The van der Waals surface area contributed by atoms with Gasteiger partial charge in [-0.25, -0.2) is 9.67 Å². The molecule has 0 aliphatic heterocycles. The second-order valence-corrected chi connectivity index (χ2v) is 5.87. The summed E-state index contributed by atoms with van der Waals surface area (Å²) in [6.45, 7) is 3.05. The van der Waals surface area contributed by atoms with Crippen LogP contribution in [-0.4, -0.2) is 30.5 Å². The summed E-state index contributed by atoms with van der Waals surface area (Å²) in [7, 11) is 0. The molecule has 0 saturated heterocycles. The third kappa shape index (κ3) is 3.74. The molecule has 1 amide bonds. The van der Waals surface area contributed by atoms with E-state index in [1.807, 2.05) is 31.2 Å². The van der Waals surface area contributed by atoms with Crippen LogP contribution in [0.4, 0.5) is 5.95 Å². The second kappa shape index (κ2) is 7.02. The van der Waals surface area contributed by atoms with Crippen LogP contribution in [0.1, 0.15) is 23.0 Å². The highest BCUT2D eigenvalue weighted by Gasteiger charge is 2.17. The first kappa shape index (κ1) is 16.5. The summed E-state index contributed by atoms with van der Waals surface area (Å²) in [5.41, 5.74) is 1.17. The van der Waals surface area contributed by atoms with Crippen molar-refractivity contribution in [3.8, 4) is 0 Å². The van der Waals surface area contributed by atoms with E-state index in [0.717, 1.165) is 5.56 Å². The van der Waals surface area contributed by atoms with E-state index in [0.29, 0.717) is 18.1 Å². The summed E-state index contributed by atoms with van der Waals surface area (Å²) >= 11 is 11.9. The summed E-state index contributed by atoms with van der Waals surface area (Å²) < 4.78 is 3.20. The smallest absolute Gasteiger partial charge is 0.280 e. The number of aryl methyl sites for hydroxylation is 1. The number of carbonyl (C=O) groups excluding carboxylic acids is 1. The summed E-state index contributed by atoms with van der Waals surface area (Å²) in [4.78, 5) is 16.3. The molecule has 0 aliphatic carbocycles. The fraction of sp³-hybridized carbons (Fsp3) is 0.200. The maximum atomic E-state index is 12.2. The van der Waals surface area contributed by atoms with Gasteiger partial charge in [0.1, 0.15) is 6.33 Å². The number of amides is 1. The molecule has 2 heterocycles. The lowest BCUT2D eigenvalue weighted by atomic mass is 10.2. The van der Waals surface area contributed by atoms with Gasteiger partial charge in [-0.05, 0) is 24.6 Å². The van der Waals surface area contributed by atoms with Crippen molar-refractivity contribution in [2.75, 3.05) is 5.32 Å². The molecule has 24 heavy (non-hydrogen) atoms. The third-order valence-electron chi connectivity index (χ3n) is 3.28. The van der Waals surface area contributed by atoms with Gasteiger partial charge in [-0.1, -0.05) is 35.3 Å². The van der Waals surface area contributed by atoms with Gasteiger partial charge >= 0.3 is 0 Å². The predicted octanol–water partition coefficient (Wildman–Crippen LogP) is 3.10. The minimum atomic E-state index is -0.448. The molecule has 0 fully saturated rings. The van der Waals surface area contributed by atoms with E-state index in [4.69, 9.17) is 23.2 Å². The first-order chi connectivity index (χ1) is 11.5. The van der Waals surface area contributed by atoms with Gasteiger partial charge in [-0.15, -0.1) is 5.10 Å². The van der Waals surface area contributed by atoms with Crippen molar-refractivity contribution < 1.29 is 4.79 Å². The molecule has 3 rings (SSSR count). The van der Waals surface area contributed by atoms with Gasteiger partial charge < -0.3 is 0 Å². The van der Waals surface area contributed by atoms with Crippen molar-refractivity contribution in [1.82, 2.24) is 24.5 Å². The molecule has 0 bridgehead atoms. The zero-order chi connectivity index (χ0) is 17.1. The van der Waals surface area contributed by atoms with E-state index < -0.39 is 5.91 Å².